The van der Waals surface area contributed by atoms with Crippen LogP contribution in [0.1, 0.15) is 38.1 Å². The van der Waals surface area contributed by atoms with Gasteiger partial charge < -0.3 is 0 Å². The van der Waals surface area contributed by atoms with E-state index in [4.69, 9.17) is 34.8 Å². The second-order valence-electron chi connectivity index (χ2n) is 3.36. The molecular weight excluding hydrogens is 256 g/mol. The average Bonchev–Trinajstić information content (AvgIpc) is 2.49. The molecule has 0 aliphatic carbocycles. The molecule has 3 nitrogen and oxygen atoms in total. The molecule has 6 heteroatoms. The summed E-state index contributed by atoms with van der Waals surface area (Å²) in [6.07, 6.45) is 2.79. The Hall–Kier alpha value is 0.01000. The summed E-state index contributed by atoms with van der Waals surface area (Å²) in [5.74, 6) is 0. The third-order valence-electron chi connectivity index (χ3n) is 2.03. The number of alkyl halides is 3. The van der Waals surface area contributed by atoms with E-state index in [0.29, 0.717) is 5.69 Å². The highest BCUT2D eigenvalue weighted by atomic mass is 35.6. The predicted octanol–water partition coefficient (Wildman–Crippen LogP) is 3.47. The molecule has 0 aliphatic rings. The maximum absolute atomic E-state index is 5.83. The Kier molecular flexibility index (Phi) is 4.68. The molecule has 1 aromatic heterocycles. The summed E-state index contributed by atoms with van der Waals surface area (Å²) in [5.41, 5.74) is 1.39. The first-order valence-electron chi connectivity index (χ1n) is 5.00. The van der Waals surface area contributed by atoms with Crippen molar-refractivity contribution in [3.05, 3.63) is 11.4 Å². The van der Waals surface area contributed by atoms with Crippen molar-refractivity contribution in [2.45, 2.75) is 43.4 Å². The highest BCUT2D eigenvalue weighted by molar-refractivity contribution is 6.66. The number of rotatable bonds is 4. The van der Waals surface area contributed by atoms with Crippen molar-refractivity contribution in [2.75, 3.05) is 0 Å². The van der Waals surface area contributed by atoms with Crippen LogP contribution in [0, 0.1) is 0 Å². The van der Waals surface area contributed by atoms with E-state index in [0.717, 1.165) is 31.5 Å². The first kappa shape index (κ1) is 13.1. The molecule has 0 bridgehead atoms. The summed E-state index contributed by atoms with van der Waals surface area (Å²) in [7, 11) is 0. The summed E-state index contributed by atoms with van der Waals surface area (Å²) in [5, 5.41) is 7.95. The van der Waals surface area contributed by atoms with Gasteiger partial charge >= 0.3 is 0 Å². The van der Waals surface area contributed by atoms with Gasteiger partial charge in [0.05, 0.1) is 5.69 Å². The van der Waals surface area contributed by atoms with E-state index in [-0.39, 0.29) is 0 Å². The topological polar surface area (TPSA) is 30.7 Å². The third kappa shape index (κ3) is 3.23. The van der Waals surface area contributed by atoms with Gasteiger partial charge in [0, 0.05) is 6.54 Å². The third-order valence-corrected chi connectivity index (χ3v) is 2.57. The van der Waals surface area contributed by atoms with Gasteiger partial charge in [-0.25, -0.2) is 4.68 Å². The van der Waals surface area contributed by atoms with Crippen LogP contribution in [0.4, 0.5) is 0 Å². The van der Waals surface area contributed by atoms with Gasteiger partial charge in [-0.2, -0.15) is 0 Å². The van der Waals surface area contributed by atoms with Crippen LogP contribution in [-0.4, -0.2) is 15.0 Å². The molecule has 0 N–H and O–H groups in total. The van der Waals surface area contributed by atoms with E-state index in [1.54, 1.807) is 0 Å². The van der Waals surface area contributed by atoms with Crippen LogP contribution in [0.25, 0.3) is 0 Å². The van der Waals surface area contributed by atoms with Gasteiger partial charge in [-0.15, -0.1) is 5.10 Å². The lowest BCUT2D eigenvalue weighted by molar-refractivity contribution is 0.552. The molecule has 0 spiro atoms. The molecule has 0 saturated heterocycles. The van der Waals surface area contributed by atoms with Crippen molar-refractivity contribution in [1.29, 1.82) is 0 Å². The van der Waals surface area contributed by atoms with E-state index in [1.165, 1.54) is 0 Å². The maximum atomic E-state index is 5.83. The minimum atomic E-state index is -1.48. The van der Waals surface area contributed by atoms with Gasteiger partial charge in [-0.3, -0.25) is 0 Å². The molecule has 0 saturated carbocycles. The summed E-state index contributed by atoms with van der Waals surface area (Å²) < 4.78 is 0.344. The molecule has 0 unspecified atom stereocenters. The molecule has 0 aromatic carbocycles. The van der Waals surface area contributed by atoms with Crippen molar-refractivity contribution in [1.82, 2.24) is 15.0 Å². The van der Waals surface area contributed by atoms with E-state index in [9.17, 15) is 0 Å². The van der Waals surface area contributed by atoms with Gasteiger partial charge in [-0.05, 0) is 12.8 Å². The number of halogens is 3. The molecule has 0 aliphatic heterocycles. The first-order valence-corrected chi connectivity index (χ1v) is 6.13. The Morgan fingerprint density at radius 1 is 1.20 bits per heavy atom. The van der Waals surface area contributed by atoms with Crippen molar-refractivity contribution >= 4 is 34.8 Å². The lowest BCUT2D eigenvalue weighted by Crippen LogP contribution is -2.09. The molecule has 1 heterocycles. The van der Waals surface area contributed by atoms with Crippen LogP contribution in [-0.2, 0) is 16.8 Å². The predicted molar refractivity (Wildman–Crippen MR) is 63.5 cm³/mol. The van der Waals surface area contributed by atoms with Crippen LogP contribution in [0.3, 0.4) is 0 Å². The summed E-state index contributed by atoms with van der Waals surface area (Å²) in [6, 6.07) is 0. The molecule has 1 rings (SSSR count). The van der Waals surface area contributed by atoms with Crippen LogP contribution in [0.5, 0.6) is 0 Å². The Labute approximate surface area is 105 Å². The zero-order valence-electron chi connectivity index (χ0n) is 8.80. The van der Waals surface area contributed by atoms with E-state index in [2.05, 4.69) is 24.2 Å². The van der Waals surface area contributed by atoms with Gasteiger partial charge in [0.15, 0.2) is 0 Å². The van der Waals surface area contributed by atoms with Crippen LogP contribution < -0.4 is 0 Å². The molecule has 15 heavy (non-hydrogen) atoms. The first-order chi connectivity index (χ1) is 7.00. The number of hydrogen-bond donors (Lipinski definition) is 0. The normalized spacial score (nSPS) is 12.1. The quantitative estimate of drug-likeness (QED) is 0.785. The Morgan fingerprint density at radius 3 is 2.33 bits per heavy atom. The summed E-state index contributed by atoms with van der Waals surface area (Å²) in [4.78, 5) is 0. The van der Waals surface area contributed by atoms with E-state index < -0.39 is 3.79 Å². The number of hydrogen-bond acceptors (Lipinski definition) is 2. The smallest absolute Gasteiger partial charge is 0.236 e. The van der Waals surface area contributed by atoms with Gasteiger partial charge in [0.2, 0.25) is 3.79 Å². The SMILES string of the molecule is CCCc1c(C(Cl)(Cl)Cl)nnn1CCC. The number of aryl methyl sites for hydroxylation is 1. The fourth-order valence-corrected chi connectivity index (χ4v) is 1.87. The highest BCUT2D eigenvalue weighted by Gasteiger charge is 2.31. The van der Waals surface area contributed by atoms with E-state index >= 15 is 0 Å². The fraction of sp³-hybridized carbons (Fsp3) is 0.778. The minimum absolute atomic E-state index is 0.461. The van der Waals surface area contributed by atoms with Crippen molar-refractivity contribution in [2.24, 2.45) is 0 Å². The lowest BCUT2D eigenvalue weighted by atomic mass is 10.2. The molecule has 0 amide bonds. The second-order valence-corrected chi connectivity index (χ2v) is 5.64. The van der Waals surface area contributed by atoms with Gasteiger partial charge in [0.25, 0.3) is 0 Å². The number of aromatic nitrogens is 3. The zero-order valence-corrected chi connectivity index (χ0v) is 11.1. The highest BCUT2D eigenvalue weighted by Crippen LogP contribution is 2.38. The van der Waals surface area contributed by atoms with E-state index in [1.807, 2.05) is 4.68 Å². The molecule has 1 aromatic rings. The van der Waals surface area contributed by atoms with Crippen molar-refractivity contribution in [3.8, 4) is 0 Å². The van der Waals surface area contributed by atoms with Crippen molar-refractivity contribution < 1.29 is 0 Å². The molecule has 86 valence electrons. The lowest BCUT2D eigenvalue weighted by Gasteiger charge is -2.10. The maximum Gasteiger partial charge on any atom is 0.236 e. The van der Waals surface area contributed by atoms with Gasteiger partial charge in [0.1, 0.15) is 5.69 Å². The second kappa shape index (κ2) is 5.37. The largest absolute Gasteiger partial charge is 0.249 e. The monoisotopic (exact) mass is 269 g/mol. The minimum Gasteiger partial charge on any atom is -0.249 e. The van der Waals surface area contributed by atoms with Crippen LogP contribution in [0.15, 0.2) is 0 Å². The fourth-order valence-electron chi connectivity index (χ4n) is 1.43. The molecular formula is C9H14Cl3N3. The van der Waals surface area contributed by atoms with Gasteiger partial charge in [-0.1, -0.05) is 60.3 Å². The van der Waals surface area contributed by atoms with Crippen molar-refractivity contribution in [3.63, 3.8) is 0 Å². The van der Waals surface area contributed by atoms with Crippen LogP contribution in [0.2, 0.25) is 0 Å². The zero-order chi connectivity index (χ0) is 11.5. The number of nitrogens with zero attached hydrogens (tertiary/aromatic N) is 3. The Balaban J connectivity index is 3.06. The molecule has 0 fully saturated rings. The summed E-state index contributed by atoms with van der Waals surface area (Å²) in [6.45, 7) is 4.96. The molecule has 0 radical (unpaired) electrons. The summed E-state index contributed by atoms with van der Waals surface area (Å²) >= 11 is 17.5. The molecule has 0 atom stereocenters. The standard InChI is InChI=1S/C9H14Cl3N3/c1-3-5-7-8(9(10,11)12)13-14-15(7)6-4-2/h3-6H2,1-2H3. The van der Waals surface area contributed by atoms with Crippen LogP contribution >= 0.6 is 34.8 Å². The Morgan fingerprint density at radius 2 is 1.87 bits per heavy atom. The average molecular weight is 271 g/mol. The Bertz CT molecular complexity index is 317.